The summed E-state index contributed by atoms with van der Waals surface area (Å²) in [5.41, 5.74) is 9.76. The average Bonchev–Trinajstić information content (AvgIpc) is 2.41. The molecule has 0 aliphatic rings. The van der Waals surface area contributed by atoms with Crippen molar-refractivity contribution in [3.05, 3.63) is 65.2 Å². The van der Waals surface area contributed by atoms with Gasteiger partial charge in [-0.3, -0.25) is 4.79 Å². The molecule has 0 fully saturated rings. The Kier molecular flexibility index (Phi) is 3.97. The lowest BCUT2D eigenvalue weighted by Crippen LogP contribution is -2.27. The molecule has 2 aromatic rings. The zero-order valence-electron chi connectivity index (χ0n) is 11.2. The van der Waals surface area contributed by atoms with Crippen LogP contribution in [0.15, 0.2) is 48.5 Å². The molecule has 19 heavy (non-hydrogen) atoms. The Hall–Kier alpha value is -2.13. The predicted octanol–water partition coefficient (Wildman–Crippen LogP) is 2.94. The SMILES string of the molecule is Cc1ccc(C(N)C(=O)Nc2ccccc2C)cc1. The molecule has 0 aromatic heterocycles. The molecule has 0 saturated carbocycles. The number of benzene rings is 2. The summed E-state index contributed by atoms with van der Waals surface area (Å²) in [6.07, 6.45) is 0. The molecule has 2 rings (SSSR count). The normalized spacial score (nSPS) is 11.9. The molecule has 0 aliphatic heterocycles. The van der Waals surface area contributed by atoms with E-state index in [-0.39, 0.29) is 5.91 Å². The van der Waals surface area contributed by atoms with Gasteiger partial charge in [0.2, 0.25) is 5.91 Å². The van der Waals surface area contributed by atoms with Gasteiger partial charge in [-0.25, -0.2) is 0 Å². The van der Waals surface area contributed by atoms with Crippen LogP contribution in [-0.2, 0) is 4.79 Å². The van der Waals surface area contributed by atoms with Crippen LogP contribution in [0.1, 0.15) is 22.7 Å². The number of amides is 1. The van der Waals surface area contributed by atoms with Gasteiger partial charge in [0.1, 0.15) is 6.04 Å². The molecule has 0 bridgehead atoms. The van der Waals surface area contributed by atoms with Crippen LogP contribution in [0.5, 0.6) is 0 Å². The van der Waals surface area contributed by atoms with Crippen LogP contribution < -0.4 is 11.1 Å². The second kappa shape index (κ2) is 5.67. The van der Waals surface area contributed by atoms with E-state index in [9.17, 15) is 4.79 Å². The lowest BCUT2D eigenvalue weighted by Gasteiger charge is -2.14. The molecule has 0 heterocycles. The van der Waals surface area contributed by atoms with Crippen molar-refractivity contribution < 1.29 is 4.79 Å². The van der Waals surface area contributed by atoms with Gasteiger partial charge in [0.05, 0.1) is 0 Å². The van der Waals surface area contributed by atoms with Gasteiger partial charge in [-0.1, -0.05) is 48.0 Å². The van der Waals surface area contributed by atoms with Crippen LogP contribution >= 0.6 is 0 Å². The fraction of sp³-hybridized carbons (Fsp3) is 0.188. The molecule has 1 unspecified atom stereocenters. The highest BCUT2D eigenvalue weighted by Gasteiger charge is 2.16. The minimum atomic E-state index is -0.653. The predicted molar refractivity (Wildman–Crippen MR) is 77.9 cm³/mol. The van der Waals surface area contributed by atoms with E-state index in [4.69, 9.17) is 5.73 Å². The zero-order valence-corrected chi connectivity index (χ0v) is 11.2. The van der Waals surface area contributed by atoms with Gasteiger partial charge in [-0.2, -0.15) is 0 Å². The fourth-order valence-corrected chi connectivity index (χ4v) is 1.85. The molecule has 0 radical (unpaired) electrons. The largest absolute Gasteiger partial charge is 0.324 e. The third kappa shape index (κ3) is 3.20. The van der Waals surface area contributed by atoms with E-state index >= 15 is 0 Å². The van der Waals surface area contributed by atoms with Crippen molar-refractivity contribution in [2.45, 2.75) is 19.9 Å². The molecular weight excluding hydrogens is 236 g/mol. The van der Waals surface area contributed by atoms with Gasteiger partial charge in [0.25, 0.3) is 0 Å². The summed E-state index contributed by atoms with van der Waals surface area (Å²) >= 11 is 0. The number of carbonyl (C=O) groups is 1. The first-order chi connectivity index (χ1) is 9.08. The average molecular weight is 254 g/mol. The minimum absolute atomic E-state index is 0.196. The minimum Gasteiger partial charge on any atom is -0.324 e. The molecule has 2 aromatic carbocycles. The quantitative estimate of drug-likeness (QED) is 0.884. The monoisotopic (exact) mass is 254 g/mol. The molecule has 1 amide bonds. The van der Waals surface area contributed by atoms with Crippen LogP contribution in [0.2, 0.25) is 0 Å². The Morgan fingerprint density at radius 3 is 2.32 bits per heavy atom. The van der Waals surface area contributed by atoms with Gasteiger partial charge in [-0.05, 0) is 31.0 Å². The standard InChI is InChI=1S/C16H18N2O/c1-11-7-9-13(10-8-11)15(17)16(19)18-14-6-4-3-5-12(14)2/h3-10,15H,17H2,1-2H3,(H,18,19). The molecule has 1 atom stereocenters. The Morgan fingerprint density at radius 2 is 1.68 bits per heavy atom. The number of hydrogen-bond donors (Lipinski definition) is 2. The first kappa shape index (κ1) is 13.3. The maximum atomic E-state index is 12.1. The van der Waals surface area contributed by atoms with Crippen molar-refractivity contribution in [3.8, 4) is 0 Å². The lowest BCUT2D eigenvalue weighted by molar-refractivity contribution is -0.117. The molecule has 0 aliphatic carbocycles. The highest BCUT2D eigenvalue weighted by atomic mass is 16.2. The lowest BCUT2D eigenvalue weighted by atomic mass is 10.0. The topological polar surface area (TPSA) is 55.1 Å². The third-order valence-corrected chi connectivity index (χ3v) is 3.12. The molecule has 3 nitrogen and oxygen atoms in total. The highest BCUT2D eigenvalue weighted by molar-refractivity contribution is 5.95. The Balaban J connectivity index is 2.12. The summed E-state index contributed by atoms with van der Waals surface area (Å²) in [4.78, 5) is 12.1. The van der Waals surface area contributed by atoms with Crippen LogP contribution in [0, 0.1) is 13.8 Å². The number of aryl methyl sites for hydroxylation is 2. The van der Waals surface area contributed by atoms with Crippen molar-refractivity contribution in [2.75, 3.05) is 5.32 Å². The number of para-hydroxylation sites is 1. The number of hydrogen-bond acceptors (Lipinski definition) is 2. The molecular formula is C16H18N2O. The zero-order chi connectivity index (χ0) is 13.8. The maximum absolute atomic E-state index is 12.1. The summed E-state index contributed by atoms with van der Waals surface area (Å²) < 4.78 is 0. The summed E-state index contributed by atoms with van der Waals surface area (Å²) in [6, 6.07) is 14.7. The second-order valence-corrected chi connectivity index (χ2v) is 4.69. The molecule has 0 saturated heterocycles. The smallest absolute Gasteiger partial charge is 0.245 e. The molecule has 3 N–H and O–H groups in total. The van der Waals surface area contributed by atoms with E-state index in [0.29, 0.717) is 0 Å². The summed E-state index contributed by atoms with van der Waals surface area (Å²) in [5.74, 6) is -0.196. The second-order valence-electron chi connectivity index (χ2n) is 4.69. The van der Waals surface area contributed by atoms with E-state index in [1.165, 1.54) is 0 Å². The molecule has 3 heteroatoms. The van der Waals surface area contributed by atoms with Crippen molar-refractivity contribution >= 4 is 11.6 Å². The first-order valence-electron chi connectivity index (χ1n) is 6.26. The Morgan fingerprint density at radius 1 is 1.05 bits per heavy atom. The third-order valence-electron chi connectivity index (χ3n) is 3.12. The fourth-order valence-electron chi connectivity index (χ4n) is 1.85. The number of rotatable bonds is 3. The van der Waals surface area contributed by atoms with E-state index in [1.54, 1.807) is 0 Å². The van der Waals surface area contributed by atoms with Crippen LogP contribution in [0.25, 0.3) is 0 Å². The van der Waals surface area contributed by atoms with Crippen LogP contribution in [0.4, 0.5) is 5.69 Å². The van der Waals surface area contributed by atoms with Gasteiger partial charge in [0.15, 0.2) is 0 Å². The van der Waals surface area contributed by atoms with Gasteiger partial charge >= 0.3 is 0 Å². The number of nitrogens with one attached hydrogen (secondary N) is 1. The summed E-state index contributed by atoms with van der Waals surface area (Å²) in [6.45, 7) is 3.95. The van der Waals surface area contributed by atoms with Gasteiger partial charge < -0.3 is 11.1 Å². The number of anilines is 1. The van der Waals surface area contributed by atoms with Gasteiger partial charge in [-0.15, -0.1) is 0 Å². The van der Waals surface area contributed by atoms with E-state index < -0.39 is 6.04 Å². The van der Waals surface area contributed by atoms with Crippen molar-refractivity contribution in [2.24, 2.45) is 5.73 Å². The first-order valence-corrected chi connectivity index (χ1v) is 6.26. The highest BCUT2D eigenvalue weighted by Crippen LogP contribution is 2.17. The van der Waals surface area contributed by atoms with Gasteiger partial charge in [0, 0.05) is 5.69 Å². The number of nitrogens with two attached hydrogens (primary N) is 1. The van der Waals surface area contributed by atoms with Crippen LogP contribution in [0.3, 0.4) is 0 Å². The number of carbonyl (C=O) groups excluding carboxylic acids is 1. The van der Waals surface area contributed by atoms with Crippen molar-refractivity contribution in [1.82, 2.24) is 0 Å². The Bertz CT molecular complexity index is 576. The van der Waals surface area contributed by atoms with E-state index in [2.05, 4.69) is 5.32 Å². The summed E-state index contributed by atoms with van der Waals surface area (Å²) in [7, 11) is 0. The Labute approximate surface area is 113 Å². The van der Waals surface area contributed by atoms with E-state index in [1.807, 2.05) is 62.4 Å². The van der Waals surface area contributed by atoms with Crippen molar-refractivity contribution in [3.63, 3.8) is 0 Å². The molecule has 98 valence electrons. The summed E-state index contributed by atoms with van der Waals surface area (Å²) in [5, 5.41) is 2.86. The maximum Gasteiger partial charge on any atom is 0.245 e. The van der Waals surface area contributed by atoms with Crippen LogP contribution in [-0.4, -0.2) is 5.91 Å². The van der Waals surface area contributed by atoms with E-state index in [0.717, 1.165) is 22.4 Å². The van der Waals surface area contributed by atoms with Crippen molar-refractivity contribution in [1.29, 1.82) is 0 Å². The molecule has 0 spiro atoms.